The lowest BCUT2D eigenvalue weighted by Gasteiger charge is -2.27. The molecule has 0 spiro atoms. The molecule has 0 bridgehead atoms. The Morgan fingerprint density at radius 1 is 1.32 bits per heavy atom. The molecule has 102 valence electrons. The number of hydrogen-bond donors (Lipinski definition) is 1. The van der Waals surface area contributed by atoms with Gasteiger partial charge in [0.25, 0.3) is 5.91 Å². The van der Waals surface area contributed by atoms with Crippen LogP contribution in [0.25, 0.3) is 0 Å². The van der Waals surface area contributed by atoms with Gasteiger partial charge >= 0.3 is 6.18 Å². The van der Waals surface area contributed by atoms with Crippen LogP contribution in [0.4, 0.5) is 13.2 Å². The number of alkyl halides is 3. The minimum atomic E-state index is -4.29. The van der Waals surface area contributed by atoms with Gasteiger partial charge in [0.1, 0.15) is 0 Å². The van der Waals surface area contributed by atoms with Gasteiger partial charge in [-0.15, -0.1) is 12.6 Å². The molecule has 0 saturated heterocycles. The van der Waals surface area contributed by atoms with Crippen molar-refractivity contribution >= 4 is 18.5 Å². The fourth-order valence-corrected chi connectivity index (χ4v) is 2.16. The normalized spacial score (nSPS) is 16.2. The molecule has 0 fully saturated rings. The predicted octanol–water partition coefficient (Wildman–Crippen LogP) is 3.31. The smallest absolute Gasteiger partial charge is 0.335 e. The predicted molar refractivity (Wildman–Crippen MR) is 68.4 cm³/mol. The van der Waals surface area contributed by atoms with Gasteiger partial charge in [0.15, 0.2) is 0 Å². The number of halogens is 3. The van der Waals surface area contributed by atoms with Crippen LogP contribution in [-0.2, 0) is 0 Å². The molecule has 0 saturated carbocycles. The highest BCUT2D eigenvalue weighted by Gasteiger charge is 2.35. The Morgan fingerprint density at radius 2 is 2.05 bits per heavy atom. The van der Waals surface area contributed by atoms with Gasteiger partial charge in [0.05, 0.1) is 0 Å². The Balaban J connectivity index is 2.10. The summed E-state index contributed by atoms with van der Waals surface area (Å²) < 4.78 is 37.4. The zero-order valence-corrected chi connectivity index (χ0v) is 10.8. The molecule has 1 aromatic rings. The highest BCUT2D eigenvalue weighted by Crippen LogP contribution is 2.30. The summed E-state index contributed by atoms with van der Waals surface area (Å²) in [5.41, 5.74) is -0.115. The van der Waals surface area contributed by atoms with E-state index in [0.717, 1.165) is 6.08 Å². The summed E-state index contributed by atoms with van der Waals surface area (Å²) >= 11 is 4.13. The second kappa shape index (κ2) is 5.28. The molecule has 0 atom stereocenters. The molecule has 6 heteroatoms. The fraction of sp³-hybridized carbons (Fsp3) is 0.308. The Bertz CT molecular complexity index is 525. The lowest BCUT2D eigenvalue weighted by Crippen LogP contribution is -2.36. The lowest BCUT2D eigenvalue weighted by atomic mass is 10.1. The number of carbonyl (C=O) groups excluding carboxylic acids is 1. The van der Waals surface area contributed by atoms with Gasteiger partial charge in [-0.2, -0.15) is 13.2 Å². The molecule has 19 heavy (non-hydrogen) atoms. The van der Waals surface area contributed by atoms with Crippen molar-refractivity contribution in [2.45, 2.75) is 17.5 Å². The summed E-state index contributed by atoms with van der Waals surface area (Å²) in [6.45, 7) is 0.0749. The van der Waals surface area contributed by atoms with Gasteiger partial charge in [-0.1, -0.05) is 12.1 Å². The molecule has 0 N–H and O–H groups in total. The molecule has 0 radical (unpaired) electrons. The van der Waals surface area contributed by atoms with E-state index in [2.05, 4.69) is 12.6 Å². The maximum absolute atomic E-state index is 12.5. The molecule has 0 unspecified atom stereocenters. The Labute approximate surface area is 114 Å². The fourth-order valence-electron chi connectivity index (χ4n) is 1.93. The molecule has 0 aliphatic carbocycles. The first-order valence-electron chi connectivity index (χ1n) is 5.72. The molecule has 2 rings (SSSR count). The topological polar surface area (TPSA) is 20.3 Å². The van der Waals surface area contributed by atoms with Crippen molar-refractivity contribution in [2.75, 3.05) is 13.1 Å². The molecular formula is C13H12F3NOS. The van der Waals surface area contributed by atoms with Gasteiger partial charge in [-0.05, 0) is 24.6 Å². The highest BCUT2D eigenvalue weighted by atomic mass is 32.1. The molecule has 1 aliphatic rings. The largest absolute Gasteiger partial charge is 0.412 e. The van der Waals surface area contributed by atoms with Crippen LogP contribution in [0.15, 0.2) is 40.8 Å². The number of carbonyl (C=O) groups is 1. The zero-order chi connectivity index (χ0) is 14.0. The first-order chi connectivity index (χ1) is 8.88. The van der Waals surface area contributed by atoms with E-state index >= 15 is 0 Å². The monoisotopic (exact) mass is 287 g/mol. The van der Waals surface area contributed by atoms with Crippen LogP contribution in [0.3, 0.4) is 0 Å². The third-order valence-electron chi connectivity index (χ3n) is 2.95. The van der Waals surface area contributed by atoms with E-state index in [9.17, 15) is 18.0 Å². The first-order valence-corrected chi connectivity index (χ1v) is 6.17. The standard InChI is InChI=1S/C13H12F3NOS/c14-13(15,16)10-4-6-17(7-5-10)12(18)9-2-1-3-11(19)8-9/h1-4,8,19H,5-7H2. The van der Waals surface area contributed by atoms with Gasteiger partial charge in [0.2, 0.25) is 0 Å². The quantitative estimate of drug-likeness (QED) is 0.620. The third-order valence-corrected chi connectivity index (χ3v) is 3.23. The summed E-state index contributed by atoms with van der Waals surface area (Å²) in [6, 6.07) is 6.66. The summed E-state index contributed by atoms with van der Waals surface area (Å²) in [6.07, 6.45) is -3.37. The van der Waals surface area contributed by atoms with Crippen molar-refractivity contribution in [1.82, 2.24) is 4.90 Å². The van der Waals surface area contributed by atoms with E-state index < -0.39 is 11.7 Å². The number of thiol groups is 1. The van der Waals surface area contributed by atoms with Crippen LogP contribution in [0, 0.1) is 0 Å². The van der Waals surface area contributed by atoms with Crippen molar-refractivity contribution < 1.29 is 18.0 Å². The van der Waals surface area contributed by atoms with Crippen LogP contribution < -0.4 is 0 Å². The Kier molecular flexibility index (Phi) is 3.89. The second-order valence-electron chi connectivity index (χ2n) is 4.28. The maximum Gasteiger partial charge on any atom is 0.412 e. The van der Waals surface area contributed by atoms with Gasteiger partial charge in [-0.3, -0.25) is 4.79 Å². The van der Waals surface area contributed by atoms with E-state index in [1.54, 1.807) is 24.3 Å². The summed E-state index contributed by atoms with van der Waals surface area (Å²) in [5.74, 6) is -0.270. The molecule has 1 aromatic carbocycles. The number of rotatable bonds is 1. The van der Waals surface area contributed by atoms with E-state index in [1.165, 1.54) is 4.90 Å². The van der Waals surface area contributed by atoms with Crippen LogP contribution in [0.2, 0.25) is 0 Å². The van der Waals surface area contributed by atoms with Crippen LogP contribution >= 0.6 is 12.6 Å². The molecule has 1 amide bonds. The molecule has 1 aliphatic heterocycles. The van der Waals surface area contributed by atoms with E-state index in [0.29, 0.717) is 10.5 Å². The Hall–Kier alpha value is -1.43. The Morgan fingerprint density at radius 3 is 2.58 bits per heavy atom. The van der Waals surface area contributed by atoms with Crippen LogP contribution in [0.5, 0.6) is 0 Å². The molecule has 1 heterocycles. The average Bonchev–Trinajstić information content (AvgIpc) is 2.37. The SMILES string of the molecule is O=C(c1cccc(S)c1)N1CC=C(C(F)(F)F)CC1. The number of benzene rings is 1. The maximum atomic E-state index is 12.5. The molecule has 2 nitrogen and oxygen atoms in total. The molecular weight excluding hydrogens is 275 g/mol. The van der Waals surface area contributed by atoms with Crippen molar-refractivity contribution in [3.8, 4) is 0 Å². The minimum Gasteiger partial charge on any atom is -0.335 e. The van der Waals surface area contributed by atoms with E-state index in [4.69, 9.17) is 0 Å². The number of hydrogen-bond acceptors (Lipinski definition) is 2. The first kappa shape index (κ1) is 14.0. The van der Waals surface area contributed by atoms with Gasteiger partial charge in [0, 0.05) is 29.1 Å². The summed E-state index contributed by atoms with van der Waals surface area (Å²) in [4.78, 5) is 14.1. The third kappa shape index (κ3) is 3.32. The summed E-state index contributed by atoms with van der Waals surface area (Å²) in [7, 11) is 0. The van der Waals surface area contributed by atoms with Crippen LogP contribution in [-0.4, -0.2) is 30.1 Å². The second-order valence-corrected chi connectivity index (χ2v) is 4.80. The lowest BCUT2D eigenvalue weighted by molar-refractivity contribution is -0.0957. The van der Waals surface area contributed by atoms with Gasteiger partial charge < -0.3 is 4.90 Å². The highest BCUT2D eigenvalue weighted by molar-refractivity contribution is 7.80. The number of amides is 1. The van der Waals surface area contributed by atoms with E-state index in [1.807, 2.05) is 0 Å². The van der Waals surface area contributed by atoms with Crippen molar-refractivity contribution in [1.29, 1.82) is 0 Å². The van der Waals surface area contributed by atoms with Crippen molar-refractivity contribution in [2.24, 2.45) is 0 Å². The molecule has 0 aromatic heterocycles. The minimum absolute atomic E-state index is 0.00945. The zero-order valence-electron chi connectivity index (χ0n) is 9.94. The van der Waals surface area contributed by atoms with Crippen molar-refractivity contribution in [3.63, 3.8) is 0 Å². The average molecular weight is 287 g/mol. The van der Waals surface area contributed by atoms with Gasteiger partial charge in [-0.25, -0.2) is 0 Å². The van der Waals surface area contributed by atoms with Crippen LogP contribution in [0.1, 0.15) is 16.8 Å². The van der Waals surface area contributed by atoms with E-state index in [-0.39, 0.29) is 25.4 Å². The number of nitrogens with zero attached hydrogens (tertiary/aromatic N) is 1. The van der Waals surface area contributed by atoms with Crippen molar-refractivity contribution in [3.05, 3.63) is 41.5 Å². The summed E-state index contributed by atoms with van der Waals surface area (Å²) in [5, 5.41) is 0.